The monoisotopic (exact) mass is 460 g/mol. The highest BCUT2D eigenvalue weighted by Gasteiger charge is 2.71. The third kappa shape index (κ3) is 3.31. The number of nitrogens with zero attached hydrogens (tertiary/aromatic N) is 1. The van der Waals surface area contributed by atoms with Gasteiger partial charge in [-0.3, -0.25) is 4.79 Å². The molecule has 6 atom stereocenters. The number of likely N-dealkylation sites (tertiary alicyclic amines) is 1. The van der Waals surface area contributed by atoms with Crippen LogP contribution in [0.15, 0.2) is 65.6 Å². The number of rotatable bonds is 4. The van der Waals surface area contributed by atoms with E-state index in [0.29, 0.717) is 23.0 Å². The molecule has 1 saturated heterocycles. The van der Waals surface area contributed by atoms with Crippen LogP contribution in [0.3, 0.4) is 0 Å². The van der Waals surface area contributed by atoms with Gasteiger partial charge in [0.15, 0.2) is 0 Å². The molecule has 2 aromatic rings. The van der Waals surface area contributed by atoms with E-state index >= 15 is 0 Å². The lowest BCUT2D eigenvalue weighted by Gasteiger charge is -2.47. The van der Waals surface area contributed by atoms with Crippen LogP contribution in [0, 0.1) is 22.7 Å². The fourth-order valence-electron chi connectivity index (χ4n) is 7.98. The Morgan fingerprint density at radius 2 is 1.70 bits per heavy atom. The molecule has 0 spiro atoms. The highest BCUT2D eigenvalue weighted by molar-refractivity contribution is 8.00. The fraction of sp³-hybridized carbons (Fsp3) is 0.552. The van der Waals surface area contributed by atoms with E-state index in [1.54, 1.807) is 0 Å². The van der Waals surface area contributed by atoms with Gasteiger partial charge in [0.05, 0.1) is 5.41 Å². The Bertz CT molecular complexity index is 1040. The first-order chi connectivity index (χ1) is 15.8. The lowest BCUT2D eigenvalue weighted by molar-refractivity contribution is -0.148. The minimum Gasteiger partial charge on any atom is -0.342 e. The number of thioether (sulfide) groups is 1. The molecule has 4 aliphatic carbocycles. The van der Waals surface area contributed by atoms with Crippen LogP contribution in [0.1, 0.15) is 51.5 Å². The third-order valence-corrected chi connectivity index (χ3v) is 11.1. The SMILES string of the molecule is CC1(C)CN(C(=O)C23CC4CC(c5ccccc5)(CC2C4Sc2ccccc2)C3)CC[C@@H]1N. The number of nitrogens with two attached hydrogens (primary N) is 1. The molecule has 4 saturated carbocycles. The smallest absolute Gasteiger partial charge is 0.229 e. The lowest BCUT2D eigenvalue weighted by atomic mass is 9.63. The normalized spacial score (nSPS) is 38.6. The topological polar surface area (TPSA) is 46.3 Å². The maximum atomic E-state index is 14.4. The van der Waals surface area contributed by atoms with Crippen molar-refractivity contribution in [1.29, 1.82) is 0 Å². The molecule has 1 heterocycles. The Morgan fingerprint density at radius 1 is 1.00 bits per heavy atom. The molecule has 4 heteroatoms. The van der Waals surface area contributed by atoms with E-state index in [2.05, 4.69) is 79.4 Å². The predicted molar refractivity (Wildman–Crippen MR) is 135 cm³/mol. The zero-order valence-corrected chi connectivity index (χ0v) is 20.7. The molecule has 33 heavy (non-hydrogen) atoms. The van der Waals surface area contributed by atoms with Gasteiger partial charge in [0.25, 0.3) is 0 Å². The van der Waals surface area contributed by atoms with Gasteiger partial charge in [-0.15, -0.1) is 11.8 Å². The molecule has 174 valence electrons. The van der Waals surface area contributed by atoms with Crippen molar-refractivity contribution >= 4 is 17.7 Å². The van der Waals surface area contributed by atoms with E-state index in [-0.39, 0.29) is 22.3 Å². The number of carbonyl (C=O) groups is 1. The Kier molecular flexibility index (Phi) is 5.01. The lowest BCUT2D eigenvalue weighted by Crippen LogP contribution is -2.57. The first-order valence-corrected chi connectivity index (χ1v) is 13.5. The summed E-state index contributed by atoms with van der Waals surface area (Å²) in [6.07, 6.45) is 5.39. The van der Waals surface area contributed by atoms with Gasteiger partial charge >= 0.3 is 0 Å². The van der Waals surface area contributed by atoms with Crippen LogP contribution >= 0.6 is 11.8 Å². The summed E-state index contributed by atoms with van der Waals surface area (Å²) in [5.74, 6) is 1.49. The maximum Gasteiger partial charge on any atom is 0.229 e. The van der Waals surface area contributed by atoms with Gasteiger partial charge in [-0.2, -0.15) is 0 Å². The molecule has 5 aliphatic rings. The molecule has 0 radical (unpaired) electrons. The van der Waals surface area contributed by atoms with E-state index < -0.39 is 0 Å². The molecule has 7 rings (SSSR count). The first-order valence-electron chi connectivity index (χ1n) is 12.7. The minimum absolute atomic E-state index is 0.0184. The summed E-state index contributed by atoms with van der Waals surface area (Å²) in [4.78, 5) is 18.0. The third-order valence-electron chi connectivity index (χ3n) is 9.54. The molecule has 2 aromatic carbocycles. The van der Waals surface area contributed by atoms with Gasteiger partial charge < -0.3 is 10.6 Å². The highest BCUT2D eigenvalue weighted by atomic mass is 32.2. The van der Waals surface area contributed by atoms with Crippen LogP contribution in [0.4, 0.5) is 0 Å². The van der Waals surface area contributed by atoms with Crippen molar-refractivity contribution in [3.8, 4) is 0 Å². The number of piperidine rings is 1. The van der Waals surface area contributed by atoms with Gasteiger partial charge in [-0.25, -0.2) is 0 Å². The van der Waals surface area contributed by atoms with E-state index in [0.717, 1.165) is 38.8 Å². The summed E-state index contributed by atoms with van der Waals surface area (Å²) in [6.45, 7) is 6.07. The Labute approximate surface area is 202 Å². The zero-order valence-electron chi connectivity index (χ0n) is 19.9. The summed E-state index contributed by atoms with van der Waals surface area (Å²) in [7, 11) is 0. The average Bonchev–Trinajstić information content (AvgIpc) is 3.19. The standard InChI is InChI=1S/C29H36N2OS/c1-27(2)19-31(14-13-24(27)30)26(32)29-16-20-15-28(18-29,21-9-5-3-6-10-21)17-23(29)25(20)33-22-11-7-4-8-12-22/h3-12,20,23-25H,13-19,30H2,1-2H3/t20?,23?,24-,25?,28?,29?/m0/s1. The minimum atomic E-state index is -0.206. The number of carbonyl (C=O) groups excluding carboxylic acids is 1. The van der Waals surface area contributed by atoms with Gasteiger partial charge in [-0.1, -0.05) is 62.4 Å². The van der Waals surface area contributed by atoms with E-state index in [4.69, 9.17) is 5.73 Å². The quantitative estimate of drug-likeness (QED) is 0.656. The number of benzene rings is 2. The number of hydrogen-bond acceptors (Lipinski definition) is 3. The van der Waals surface area contributed by atoms with Gasteiger partial charge in [0.2, 0.25) is 5.91 Å². The molecule has 1 aliphatic heterocycles. The van der Waals surface area contributed by atoms with Crippen molar-refractivity contribution in [3.63, 3.8) is 0 Å². The molecule has 5 fully saturated rings. The first kappa shape index (κ1) is 21.7. The van der Waals surface area contributed by atoms with Crippen molar-refractivity contribution in [3.05, 3.63) is 66.2 Å². The fourth-order valence-corrected chi connectivity index (χ4v) is 9.52. The molecule has 1 amide bonds. The van der Waals surface area contributed by atoms with E-state index in [1.807, 2.05) is 11.8 Å². The summed E-state index contributed by atoms with van der Waals surface area (Å²) in [6, 6.07) is 22.1. The molecular weight excluding hydrogens is 424 g/mol. The molecule has 4 bridgehead atoms. The Balaban J connectivity index is 1.36. The van der Waals surface area contributed by atoms with Crippen molar-refractivity contribution in [2.24, 2.45) is 28.4 Å². The van der Waals surface area contributed by atoms with Crippen LogP contribution in [-0.2, 0) is 10.2 Å². The van der Waals surface area contributed by atoms with Gasteiger partial charge in [0, 0.05) is 29.3 Å². The second-order valence-electron chi connectivity index (χ2n) is 12.0. The molecule has 2 N–H and O–H groups in total. The predicted octanol–water partition coefficient (Wildman–Crippen LogP) is 5.49. The highest BCUT2D eigenvalue weighted by Crippen LogP contribution is 2.73. The van der Waals surface area contributed by atoms with Crippen LogP contribution in [0.2, 0.25) is 0 Å². The van der Waals surface area contributed by atoms with Crippen molar-refractivity contribution < 1.29 is 4.79 Å². The molecular formula is C29H36N2OS. The van der Waals surface area contributed by atoms with Crippen molar-refractivity contribution in [2.45, 2.75) is 67.6 Å². The van der Waals surface area contributed by atoms with Crippen molar-refractivity contribution in [2.75, 3.05) is 13.1 Å². The van der Waals surface area contributed by atoms with Gasteiger partial charge in [-0.05, 0) is 72.5 Å². The number of hydrogen-bond donors (Lipinski definition) is 1. The second kappa shape index (κ2) is 7.61. The van der Waals surface area contributed by atoms with Crippen LogP contribution in [0.25, 0.3) is 0 Å². The van der Waals surface area contributed by atoms with E-state index in [1.165, 1.54) is 16.9 Å². The Hall–Kier alpha value is -1.78. The largest absolute Gasteiger partial charge is 0.342 e. The maximum absolute atomic E-state index is 14.4. The summed E-state index contributed by atoms with van der Waals surface area (Å²) >= 11 is 2.04. The summed E-state index contributed by atoms with van der Waals surface area (Å²) in [5.41, 5.74) is 7.83. The molecule has 5 unspecified atom stereocenters. The van der Waals surface area contributed by atoms with Gasteiger partial charge in [0.1, 0.15) is 0 Å². The zero-order chi connectivity index (χ0) is 22.8. The van der Waals surface area contributed by atoms with Crippen LogP contribution < -0.4 is 5.73 Å². The van der Waals surface area contributed by atoms with Crippen molar-refractivity contribution in [1.82, 2.24) is 4.90 Å². The number of amides is 1. The molecule has 0 aromatic heterocycles. The summed E-state index contributed by atoms with van der Waals surface area (Å²) < 4.78 is 0. The summed E-state index contributed by atoms with van der Waals surface area (Å²) in [5, 5.41) is 0.538. The second-order valence-corrected chi connectivity index (χ2v) is 13.2. The average molecular weight is 461 g/mol. The van der Waals surface area contributed by atoms with Crippen LogP contribution in [-0.4, -0.2) is 35.2 Å². The Morgan fingerprint density at radius 3 is 2.39 bits per heavy atom. The molecule has 3 nitrogen and oxygen atoms in total. The van der Waals surface area contributed by atoms with E-state index in [9.17, 15) is 4.79 Å². The van der Waals surface area contributed by atoms with Crippen LogP contribution in [0.5, 0.6) is 0 Å².